The van der Waals surface area contributed by atoms with Crippen LogP contribution in [0.15, 0.2) is 11.0 Å². The number of carbonyl (C=O) groups excluding carboxylic acids is 1. The van der Waals surface area contributed by atoms with Gasteiger partial charge in [-0.1, -0.05) is 12.8 Å². The summed E-state index contributed by atoms with van der Waals surface area (Å²) in [5, 5.41) is 20.8. The molecule has 1 saturated heterocycles. The molecule has 2 rings (SSSR count). The van der Waals surface area contributed by atoms with Crippen LogP contribution in [0.25, 0.3) is 0 Å². The number of unbranched alkanes of at least 4 members (excludes halogenated alkanes) is 3. The normalized spacial score (nSPS) is 22.0. The molecule has 9 nitrogen and oxygen atoms in total. The molecule has 0 aromatic carbocycles. The monoisotopic (exact) mass is 422 g/mol. The van der Waals surface area contributed by atoms with Gasteiger partial charge >= 0.3 is 17.8 Å². The van der Waals surface area contributed by atoms with Gasteiger partial charge in [0.2, 0.25) is 0 Å². The number of aliphatic hydroxyl groups excluding tert-OH is 2. The van der Waals surface area contributed by atoms with Gasteiger partial charge in [0.25, 0.3) is 0 Å². The Hall–Kier alpha value is -2.18. The molecule has 2 heterocycles. The molecule has 1 amide bonds. The fraction of sp³-hybridized carbons (Fsp3) is 0.706. The number of aliphatic hydroxyl groups is 2. The topological polar surface area (TPSA) is 140 Å². The molecular formula is C17H25F3N4O5. The van der Waals surface area contributed by atoms with E-state index in [9.17, 15) is 27.9 Å². The van der Waals surface area contributed by atoms with E-state index in [2.05, 4.69) is 4.98 Å². The zero-order valence-electron chi connectivity index (χ0n) is 15.7. The van der Waals surface area contributed by atoms with Crippen molar-refractivity contribution in [1.82, 2.24) is 14.9 Å². The van der Waals surface area contributed by atoms with Gasteiger partial charge < -0.3 is 26.0 Å². The summed E-state index contributed by atoms with van der Waals surface area (Å²) in [6, 6.07) is 0. The van der Waals surface area contributed by atoms with Crippen molar-refractivity contribution in [3.05, 3.63) is 22.2 Å². The molecule has 29 heavy (non-hydrogen) atoms. The number of hydrogen-bond acceptors (Lipinski definition) is 7. The number of ether oxygens (including phenoxy) is 1. The predicted octanol–water partition coefficient (Wildman–Crippen LogP) is 0.248. The third-order valence-corrected chi connectivity index (χ3v) is 4.67. The van der Waals surface area contributed by atoms with Gasteiger partial charge in [-0.25, -0.2) is 4.79 Å². The Morgan fingerprint density at radius 1 is 1.34 bits per heavy atom. The van der Waals surface area contributed by atoms with E-state index < -0.39 is 36.2 Å². The number of carbonyl (C=O) groups is 1. The first-order valence-corrected chi connectivity index (χ1v) is 9.30. The summed E-state index contributed by atoms with van der Waals surface area (Å²) in [5.74, 6) is -1.86. The Labute approximate surface area is 164 Å². The molecule has 0 aliphatic carbocycles. The SMILES string of the molecule is Nc1nc(=O)n(C2CC(O)C(CO)O2)cc1CCCCCCNC(=O)C(F)(F)F. The Morgan fingerprint density at radius 3 is 2.66 bits per heavy atom. The molecule has 0 bridgehead atoms. The van der Waals surface area contributed by atoms with Crippen LogP contribution in [-0.4, -0.2) is 57.2 Å². The number of nitrogen functional groups attached to an aromatic ring is 1. The first kappa shape index (κ1) is 23.1. The Balaban J connectivity index is 1.81. The first-order chi connectivity index (χ1) is 13.6. The molecule has 1 aromatic rings. The standard InChI is InChI=1S/C17H25F3N4O5/c18-17(19,20)15(27)22-6-4-2-1-3-5-10-8-24(16(28)23-14(10)21)13-7-11(26)12(9-25)29-13/h8,11-13,25-26H,1-7,9H2,(H,22,27)(H2,21,23,28). The smallest absolute Gasteiger partial charge is 0.394 e. The Morgan fingerprint density at radius 2 is 2.03 bits per heavy atom. The maximum Gasteiger partial charge on any atom is 0.471 e. The van der Waals surface area contributed by atoms with Crippen LogP contribution in [0.4, 0.5) is 19.0 Å². The average molecular weight is 422 g/mol. The number of nitrogens with one attached hydrogen (secondary N) is 1. The van der Waals surface area contributed by atoms with Crippen molar-refractivity contribution in [2.45, 2.75) is 63.1 Å². The lowest BCUT2D eigenvalue weighted by Gasteiger charge is -2.16. The number of alkyl halides is 3. The van der Waals surface area contributed by atoms with Crippen LogP contribution < -0.4 is 16.7 Å². The molecular weight excluding hydrogens is 397 g/mol. The van der Waals surface area contributed by atoms with Gasteiger partial charge in [-0.15, -0.1) is 0 Å². The molecule has 12 heteroatoms. The van der Waals surface area contributed by atoms with Crippen LogP contribution >= 0.6 is 0 Å². The van der Waals surface area contributed by atoms with Crippen LogP contribution in [0.5, 0.6) is 0 Å². The number of aryl methyl sites for hydroxylation is 1. The molecule has 1 fully saturated rings. The second-order valence-corrected chi connectivity index (χ2v) is 6.87. The minimum absolute atomic E-state index is 0.0553. The Bertz CT molecular complexity index is 756. The third-order valence-electron chi connectivity index (χ3n) is 4.67. The fourth-order valence-electron chi connectivity index (χ4n) is 3.07. The lowest BCUT2D eigenvalue weighted by atomic mass is 10.1. The van der Waals surface area contributed by atoms with E-state index in [0.717, 1.165) is 0 Å². The minimum atomic E-state index is -4.87. The number of anilines is 1. The highest BCUT2D eigenvalue weighted by Crippen LogP contribution is 2.28. The van der Waals surface area contributed by atoms with Gasteiger partial charge in [-0.2, -0.15) is 18.2 Å². The molecule has 0 saturated carbocycles. The van der Waals surface area contributed by atoms with Crippen molar-refractivity contribution in [3.63, 3.8) is 0 Å². The van der Waals surface area contributed by atoms with Crippen molar-refractivity contribution >= 4 is 11.7 Å². The lowest BCUT2D eigenvalue weighted by molar-refractivity contribution is -0.173. The van der Waals surface area contributed by atoms with Gasteiger partial charge in [0.15, 0.2) is 0 Å². The molecule has 3 unspecified atom stereocenters. The predicted molar refractivity (Wildman–Crippen MR) is 95.8 cm³/mol. The number of amides is 1. The molecule has 5 N–H and O–H groups in total. The van der Waals surface area contributed by atoms with E-state index in [1.807, 2.05) is 5.32 Å². The van der Waals surface area contributed by atoms with Gasteiger partial charge in [0.1, 0.15) is 18.1 Å². The molecule has 0 radical (unpaired) electrons. The number of nitrogens with zero attached hydrogens (tertiary/aromatic N) is 2. The molecule has 1 aliphatic rings. The molecule has 164 valence electrons. The lowest BCUT2D eigenvalue weighted by Crippen LogP contribution is -2.37. The summed E-state index contributed by atoms with van der Waals surface area (Å²) in [4.78, 5) is 26.5. The number of hydrogen-bond donors (Lipinski definition) is 4. The van der Waals surface area contributed by atoms with E-state index in [-0.39, 0.29) is 25.4 Å². The summed E-state index contributed by atoms with van der Waals surface area (Å²) in [6.07, 6.45) is -2.77. The molecule has 3 atom stereocenters. The van der Waals surface area contributed by atoms with Crippen LogP contribution in [0.2, 0.25) is 0 Å². The van der Waals surface area contributed by atoms with Crippen molar-refractivity contribution in [1.29, 1.82) is 0 Å². The fourth-order valence-corrected chi connectivity index (χ4v) is 3.07. The average Bonchev–Trinajstić information content (AvgIpc) is 3.01. The van der Waals surface area contributed by atoms with Crippen molar-refractivity contribution < 1.29 is 32.9 Å². The molecule has 1 aliphatic heterocycles. The first-order valence-electron chi connectivity index (χ1n) is 9.30. The summed E-state index contributed by atoms with van der Waals surface area (Å²) in [7, 11) is 0. The largest absolute Gasteiger partial charge is 0.471 e. The second-order valence-electron chi connectivity index (χ2n) is 6.87. The van der Waals surface area contributed by atoms with E-state index in [0.29, 0.717) is 37.7 Å². The van der Waals surface area contributed by atoms with Crippen LogP contribution in [0, 0.1) is 0 Å². The highest BCUT2D eigenvalue weighted by molar-refractivity contribution is 5.81. The number of aromatic nitrogens is 2. The summed E-state index contributed by atoms with van der Waals surface area (Å²) in [5.41, 5.74) is 5.79. The van der Waals surface area contributed by atoms with Crippen molar-refractivity contribution in [3.8, 4) is 0 Å². The quantitative estimate of drug-likeness (QED) is 0.418. The van der Waals surface area contributed by atoms with E-state index >= 15 is 0 Å². The van der Waals surface area contributed by atoms with Gasteiger partial charge in [-0.3, -0.25) is 9.36 Å². The number of nitrogens with two attached hydrogens (primary N) is 1. The summed E-state index contributed by atoms with van der Waals surface area (Å²) in [6.45, 7) is -0.425. The zero-order chi connectivity index (χ0) is 21.6. The summed E-state index contributed by atoms with van der Waals surface area (Å²) < 4.78 is 42.9. The van der Waals surface area contributed by atoms with E-state index in [1.54, 1.807) is 0 Å². The van der Waals surface area contributed by atoms with Crippen LogP contribution in [-0.2, 0) is 16.0 Å². The second kappa shape index (κ2) is 10.0. The highest BCUT2D eigenvalue weighted by Gasteiger charge is 2.38. The zero-order valence-corrected chi connectivity index (χ0v) is 15.7. The number of halogens is 3. The van der Waals surface area contributed by atoms with Crippen LogP contribution in [0.1, 0.15) is 43.9 Å². The third kappa shape index (κ3) is 6.41. The van der Waals surface area contributed by atoms with Crippen LogP contribution in [0.3, 0.4) is 0 Å². The Kier molecular flexibility index (Phi) is 7.99. The van der Waals surface area contributed by atoms with Gasteiger partial charge in [0, 0.05) is 24.7 Å². The number of rotatable bonds is 9. The van der Waals surface area contributed by atoms with E-state index in [1.165, 1.54) is 10.8 Å². The molecule has 0 spiro atoms. The van der Waals surface area contributed by atoms with Crippen molar-refractivity contribution in [2.75, 3.05) is 18.9 Å². The maximum absolute atomic E-state index is 12.1. The van der Waals surface area contributed by atoms with Gasteiger partial charge in [0.05, 0.1) is 12.7 Å². The van der Waals surface area contributed by atoms with E-state index in [4.69, 9.17) is 15.6 Å². The maximum atomic E-state index is 12.1. The van der Waals surface area contributed by atoms with Gasteiger partial charge in [-0.05, 0) is 19.3 Å². The summed E-state index contributed by atoms with van der Waals surface area (Å²) >= 11 is 0. The van der Waals surface area contributed by atoms with Crippen molar-refractivity contribution in [2.24, 2.45) is 0 Å². The minimum Gasteiger partial charge on any atom is -0.394 e. The highest BCUT2D eigenvalue weighted by atomic mass is 19.4. The molecule has 1 aromatic heterocycles.